The molecule has 0 saturated carbocycles. The molecule has 0 spiro atoms. The Morgan fingerprint density at radius 2 is 2.33 bits per heavy atom. The van der Waals surface area contributed by atoms with Gasteiger partial charge >= 0.3 is 6.09 Å². The highest BCUT2D eigenvalue weighted by atomic mass is 16.6. The number of nitrogens with two attached hydrogens (primary N) is 1. The summed E-state index contributed by atoms with van der Waals surface area (Å²) in [7, 11) is 1.49. The molecule has 6 nitrogen and oxygen atoms in total. The molecular formula is C9H13N3O3. The van der Waals surface area contributed by atoms with Crippen LogP contribution in [0, 0.1) is 0 Å². The second-order valence-corrected chi connectivity index (χ2v) is 2.66. The second kappa shape index (κ2) is 5.69. The van der Waals surface area contributed by atoms with Crippen LogP contribution in [0.2, 0.25) is 0 Å². The third-order valence-corrected chi connectivity index (χ3v) is 1.53. The average molecular weight is 211 g/mol. The van der Waals surface area contributed by atoms with Gasteiger partial charge in [-0.25, -0.2) is 9.78 Å². The van der Waals surface area contributed by atoms with Crippen molar-refractivity contribution in [3.63, 3.8) is 0 Å². The van der Waals surface area contributed by atoms with Crippen molar-refractivity contribution in [2.75, 3.05) is 26.0 Å². The van der Waals surface area contributed by atoms with Gasteiger partial charge in [0.25, 0.3) is 0 Å². The summed E-state index contributed by atoms with van der Waals surface area (Å²) in [6.07, 6.45) is 1.01. The molecule has 0 aliphatic heterocycles. The number of anilines is 1. The third kappa shape index (κ3) is 4.17. The minimum Gasteiger partial charge on any atom is -0.474 e. The van der Waals surface area contributed by atoms with Gasteiger partial charge in [-0.05, 0) is 6.07 Å². The number of carbonyl (C=O) groups is 1. The highest BCUT2D eigenvalue weighted by Crippen LogP contribution is 2.07. The molecule has 82 valence electrons. The normalized spacial score (nSPS) is 9.40. The molecule has 15 heavy (non-hydrogen) atoms. The Hall–Kier alpha value is -1.98. The van der Waals surface area contributed by atoms with Crippen LogP contribution >= 0.6 is 0 Å². The lowest BCUT2D eigenvalue weighted by molar-refractivity contribution is 0.125. The van der Waals surface area contributed by atoms with Crippen LogP contribution in [0.4, 0.5) is 10.5 Å². The Morgan fingerprint density at radius 1 is 1.53 bits per heavy atom. The van der Waals surface area contributed by atoms with Gasteiger partial charge < -0.3 is 20.5 Å². The Bertz CT molecular complexity index is 313. The number of alkyl carbamates (subject to hydrolysis) is 1. The number of nitrogen functional groups attached to an aromatic ring is 1. The molecule has 3 N–H and O–H groups in total. The van der Waals surface area contributed by atoms with Crippen LogP contribution in [-0.2, 0) is 4.74 Å². The number of nitrogens with zero attached hydrogens (tertiary/aromatic N) is 1. The molecule has 0 saturated heterocycles. The Balaban J connectivity index is 2.20. The van der Waals surface area contributed by atoms with Gasteiger partial charge in [-0.1, -0.05) is 0 Å². The van der Waals surface area contributed by atoms with E-state index in [2.05, 4.69) is 10.3 Å². The summed E-state index contributed by atoms with van der Waals surface area (Å²) in [5.74, 6) is 0.449. The van der Waals surface area contributed by atoms with E-state index in [1.165, 1.54) is 13.2 Å². The number of pyridine rings is 1. The highest BCUT2D eigenvalue weighted by molar-refractivity contribution is 5.66. The number of amides is 1. The van der Waals surface area contributed by atoms with Crippen LogP contribution in [0.15, 0.2) is 18.3 Å². The molecule has 1 aromatic rings. The number of hydrogen-bond donors (Lipinski definition) is 2. The lowest BCUT2D eigenvalue weighted by Crippen LogP contribution is -2.21. The first-order valence-corrected chi connectivity index (χ1v) is 4.41. The number of aromatic nitrogens is 1. The van der Waals surface area contributed by atoms with Crippen LogP contribution in [0.25, 0.3) is 0 Å². The zero-order valence-electron chi connectivity index (χ0n) is 8.40. The van der Waals surface area contributed by atoms with Gasteiger partial charge in [0.1, 0.15) is 13.2 Å². The zero-order chi connectivity index (χ0) is 11.1. The van der Waals surface area contributed by atoms with Crippen molar-refractivity contribution in [2.24, 2.45) is 0 Å². The monoisotopic (exact) mass is 211 g/mol. The van der Waals surface area contributed by atoms with E-state index in [4.69, 9.17) is 15.2 Å². The Kier molecular flexibility index (Phi) is 4.21. The summed E-state index contributed by atoms with van der Waals surface area (Å²) in [4.78, 5) is 14.6. The molecule has 1 heterocycles. The van der Waals surface area contributed by atoms with Gasteiger partial charge in [0.05, 0.1) is 11.9 Å². The van der Waals surface area contributed by atoms with Crippen molar-refractivity contribution in [1.29, 1.82) is 0 Å². The molecule has 0 atom stereocenters. The first-order valence-electron chi connectivity index (χ1n) is 4.41. The molecule has 0 aliphatic carbocycles. The molecule has 1 amide bonds. The smallest absolute Gasteiger partial charge is 0.406 e. The molecule has 0 bridgehead atoms. The van der Waals surface area contributed by atoms with Crippen molar-refractivity contribution >= 4 is 11.8 Å². The van der Waals surface area contributed by atoms with Crippen LogP contribution in [-0.4, -0.2) is 31.3 Å². The average Bonchev–Trinajstić information content (AvgIpc) is 2.26. The van der Waals surface area contributed by atoms with E-state index in [1.807, 2.05) is 0 Å². The summed E-state index contributed by atoms with van der Waals surface area (Å²) in [5, 5.41) is 2.32. The SMILES string of the molecule is CNC(=O)OCCOc1ccc(N)cn1. The fourth-order valence-corrected chi connectivity index (χ4v) is 0.830. The minimum absolute atomic E-state index is 0.172. The quantitative estimate of drug-likeness (QED) is 0.704. The van der Waals surface area contributed by atoms with Gasteiger partial charge in [-0.15, -0.1) is 0 Å². The lowest BCUT2D eigenvalue weighted by atomic mass is 10.4. The number of hydrogen-bond acceptors (Lipinski definition) is 5. The summed E-state index contributed by atoms with van der Waals surface area (Å²) >= 11 is 0. The van der Waals surface area contributed by atoms with E-state index in [1.54, 1.807) is 12.1 Å². The Labute approximate surface area is 87.4 Å². The van der Waals surface area contributed by atoms with E-state index < -0.39 is 6.09 Å². The van der Waals surface area contributed by atoms with E-state index in [-0.39, 0.29) is 13.2 Å². The molecule has 0 radical (unpaired) electrons. The second-order valence-electron chi connectivity index (χ2n) is 2.66. The first-order chi connectivity index (χ1) is 7.22. The molecule has 1 rings (SSSR count). The standard InChI is InChI=1S/C9H13N3O3/c1-11-9(13)15-5-4-14-8-3-2-7(10)6-12-8/h2-3,6H,4-5,10H2,1H3,(H,11,13). The predicted molar refractivity (Wildman–Crippen MR) is 54.6 cm³/mol. The molecule has 0 unspecified atom stereocenters. The maximum absolute atomic E-state index is 10.6. The maximum Gasteiger partial charge on any atom is 0.406 e. The number of rotatable bonds is 4. The van der Waals surface area contributed by atoms with E-state index in [9.17, 15) is 4.79 Å². The van der Waals surface area contributed by atoms with Crippen LogP contribution in [0.1, 0.15) is 0 Å². The largest absolute Gasteiger partial charge is 0.474 e. The topological polar surface area (TPSA) is 86.5 Å². The van der Waals surface area contributed by atoms with E-state index >= 15 is 0 Å². The summed E-state index contributed by atoms with van der Waals surface area (Å²) in [5.41, 5.74) is 6.02. The molecular weight excluding hydrogens is 198 g/mol. The highest BCUT2D eigenvalue weighted by Gasteiger charge is 1.98. The molecule has 0 aliphatic rings. The van der Waals surface area contributed by atoms with E-state index in [0.717, 1.165) is 0 Å². The molecule has 6 heteroatoms. The van der Waals surface area contributed by atoms with Crippen molar-refractivity contribution in [3.05, 3.63) is 18.3 Å². The van der Waals surface area contributed by atoms with Gasteiger partial charge in [-0.3, -0.25) is 0 Å². The zero-order valence-corrected chi connectivity index (χ0v) is 8.40. The fraction of sp³-hybridized carbons (Fsp3) is 0.333. The van der Waals surface area contributed by atoms with Crippen molar-refractivity contribution in [2.45, 2.75) is 0 Å². The number of carbonyl (C=O) groups excluding carboxylic acids is 1. The molecule has 1 aromatic heterocycles. The lowest BCUT2D eigenvalue weighted by Gasteiger charge is -2.05. The minimum atomic E-state index is -0.483. The van der Waals surface area contributed by atoms with Gasteiger partial charge in [0.15, 0.2) is 0 Å². The van der Waals surface area contributed by atoms with Crippen molar-refractivity contribution in [3.8, 4) is 5.88 Å². The van der Waals surface area contributed by atoms with E-state index in [0.29, 0.717) is 11.6 Å². The van der Waals surface area contributed by atoms with Crippen LogP contribution in [0.3, 0.4) is 0 Å². The maximum atomic E-state index is 10.6. The van der Waals surface area contributed by atoms with Crippen LogP contribution < -0.4 is 15.8 Å². The Morgan fingerprint density at radius 3 is 2.93 bits per heavy atom. The predicted octanol–water partition coefficient (Wildman–Crippen LogP) is 0.399. The molecule has 0 aromatic carbocycles. The molecule has 0 fully saturated rings. The first kappa shape index (κ1) is 11.1. The summed E-state index contributed by atoms with van der Waals surface area (Å²) in [6, 6.07) is 3.33. The number of ether oxygens (including phenoxy) is 2. The van der Waals surface area contributed by atoms with Crippen molar-refractivity contribution in [1.82, 2.24) is 10.3 Å². The number of nitrogens with one attached hydrogen (secondary N) is 1. The van der Waals surface area contributed by atoms with Crippen molar-refractivity contribution < 1.29 is 14.3 Å². The summed E-state index contributed by atoms with van der Waals surface area (Å²) < 4.78 is 9.89. The van der Waals surface area contributed by atoms with Gasteiger partial charge in [-0.2, -0.15) is 0 Å². The van der Waals surface area contributed by atoms with Crippen LogP contribution in [0.5, 0.6) is 5.88 Å². The summed E-state index contributed by atoms with van der Waals surface area (Å²) in [6.45, 7) is 0.427. The van der Waals surface area contributed by atoms with Gasteiger partial charge in [0.2, 0.25) is 5.88 Å². The fourth-order valence-electron chi connectivity index (χ4n) is 0.830. The van der Waals surface area contributed by atoms with Gasteiger partial charge in [0, 0.05) is 13.1 Å². The third-order valence-electron chi connectivity index (χ3n) is 1.53.